The van der Waals surface area contributed by atoms with E-state index in [1.165, 1.54) is 0 Å². The summed E-state index contributed by atoms with van der Waals surface area (Å²) >= 11 is 9.40. The van der Waals surface area contributed by atoms with Crippen molar-refractivity contribution in [3.63, 3.8) is 0 Å². The van der Waals surface area contributed by atoms with Crippen LogP contribution in [0.3, 0.4) is 0 Å². The quantitative estimate of drug-likeness (QED) is 0.704. The van der Waals surface area contributed by atoms with Crippen LogP contribution in [0.1, 0.15) is 12.0 Å². The van der Waals surface area contributed by atoms with Gasteiger partial charge in [-0.1, -0.05) is 57.9 Å². The molecule has 132 valence electrons. The maximum Gasteiger partial charge on any atom is 0.260 e. The minimum absolute atomic E-state index is 0.0949. The average Bonchev–Trinajstić information content (AvgIpc) is 2.58. The van der Waals surface area contributed by atoms with Crippen LogP contribution in [-0.4, -0.2) is 29.9 Å². The minimum atomic E-state index is -0.456. The Balaban J connectivity index is 2.02. The molecule has 7 heteroatoms. The molecule has 5 nitrogen and oxygen atoms in total. The van der Waals surface area contributed by atoms with Crippen molar-refractivity contribution < 1.29 is 14.3 Å². The van der Waals surface area contributed by atoms with Crippen LogP contribution in [0.2, 0.25) is 5.02 Å². The van der Waals surface area contributed by atoms with E-state index in [0.717, 1.165) is 10.0 Å². The zero-order chi connectivity index (χ0) is 18.2. The summed E-state index contributed by atoms with van der Waals surface area (Å²) in [5.41, 5.74) is 6.16. The summed E-state index contributed by atoms with van der Waals surface area (Å²) in [7, 11) is 0. The van der Waals surface area contributed by atoms with E-state index in [-0.39, 0.29) is 25.5 Å². The molecular formula is C18H18BrClN2O3. The van der Waals surface area contributed by atoms with Gasteiger partial charge < -0.3 is 15.4 Å². The van der Waals surface area contributed by atoms with Crippen LogP contribution in [0.25, 0.3) is 0 Å². The number of hydrogen-bond acceptors (Lipinski definition) is 3. The predicted octanol–water partition coefficient (Wildman–Crippen LogP) is 3.39. The molecule has 2 rings (SSSR count). The molecule has 0 aliphatic heterocycles. The second kappa shape index (κ2) is 9.44. The molecule has 2 aromatic rings. The molecule has 0 saturated heterocycles. The highest BCUT2D eigenvalue weighted by Crippen LogP contribution is 2.27. The maximum absolute atomic E-state index is 12.5. The molecule has 25 heavy (non-hydrogen) atoms. The zero-order valence-electron chi connectivity index (χ0n) is 13.5. The van der Waals surface area contributed by atoms with Gasteiger partial charge >= 0.3 is 0 Å². The number of rotatable bonds is 8. The van der Waals surface area contributed by atoms with Crippen LogP contribution in [-0.2, 0) is 16.1 Å². The molecule has 0 atom stereocenters. The van der Waals surface area contributed by atoms with Gasteiger partial charge in [-0.25, -0.2) is 0 Å². The van der Waals surface area contributed by atoms with E-state index in [1.807, 2.05) is 30.3 Å². The number of ether oxygens (including phenoxy) is 1. The van der Waals surface area contributed by atoms with Crippen molar-refractivity contribution in [3.05, 3.63) is 63.6 Å². The van der Waals surface area contributed by atoms with Crippen LogP contribution >= 0.6 is 27.5 Å². The van der Waals surface area contributed by atoms with E-state index in [0.29, 0.717) is 17.3 Å². The molecule has 0 bridgehead atoms. The molecule has 2 aromatic carbocycles. The van der Waals surface area contributed by atoms with Crippen LogP contribution in [0.4, 0.5) is 0 Å². The molecule has 0 aliphatic carbocycles. The smallest absolute Gasteiger partial charge is 0.260 e. The molecule has 0 aromatic heterocycles. The molecule has 0 saturated carbocycles. The van der Waals surface area contributed by atoms with E-state index in [2.05, 4.69) is 15.9 Å². The molecule has 0 heterocycles. The van der Waals surface area contributed by atoms with Gasteiger partial charge in [-0.3, -0.25) is 9.59 Å². The van der Waals surface area contributed by atoms with E-state index < -0.39 is 5.91 Å². The summed E-state index contributed by atoms with van der Waals surface area (Å²) in [6.45, 7) is 0.442. The van der Waals surface area contributed by atoms with Crippen molar-refractivity contribution in [2.75, 3.05) is 13.2 Å². The van der Waals surface area contributed by atoms with Crippen LogP contribution in [0, 0.1) is 0 Å². The van der Waals surface area contributed by atoms with Gasteiger partial charge in [-0.15, -0.1) is 0 Å². The van der Waals surface area contributed by atoms with Gasteiger partial charge in [0.2, 0.25) is 5.91 Å². The lowest BCUT2D eigenvalue weighted by Gasteiger charge is -2.22. The van der Waals surface area contributed by atoms with Crippen molar-refractivity contribution in [3.8, 4) is 5.75 Å². The third-order valence-electron chi connectivity index (χ3n) is 3.44. The second-order valence-electron chi connectivity index (χ2n) is 5.38. The number of primary amides is 1. The second-order valence-corrected chi connectivity index (χ2v) is 6.70. The van der Waals surface area contributed by atoms with Crippen molar-refractivity contribution in [1.82, 2.24) is 4.90 Å². The predicted molar refractivity (Wildman–Crippen MR) is 100 cm³/mol. The molecule has 0 radical (unpaired) electrons. The van der Waals surface area contributed by atoms with Crippen molar-refractivity contribution in [2.45, 2.75) is 13.0 Å². The van der Waals surface area contributed by atoms with Gasteiger partial charge in [0, 0.05) is 24.0 Å². The first-order valence-electron chi connectivity index (χ1n) is 7.63. The Morgan fingerprint density at radius 1 is 1.16 bits per heavy atom. The van der Waals surface area contributed by atoms with Gasteiger partial charge in [-0.2, -0.15) is 0 Å². The highest BCUT2D eigenvalue weighted by Gasteiger charge is 2.16. The number of amides is 2. The SMILES string of the molecule is NC(=O)CCN(Cc1ccccc1)C(=O)COc1ccc(Br)cc1Cl. The van der Waals surface area contributed by atoms with E-state index in [4.69, 9.17) is 22.1 Å². The van der Waals surface area contributed by atoms with Crippen LogP contribution in [0.5, 0.6) is 5.75 Å². The Morgan fingerprint density at radius 2 is 1.88 bits per heavy atom. The van der Waals surface area contributed by atoms with Crippen LogP contribution < -0.4 is 10.5 Å². The van der Waals surface area contributed by atoms with E-state index in [9.17, 15) is 9.59 Å². The maximum atomic E-state index is 12.5. The number of benzene rings is 2. The van der Waals surface area contributed by atoms with Gasteiger partial charge in [0.15, 0.2) is 6.61 Å². The highest BCUT2D eigenvalue weighted by molar-refractivity contribution is 9.10. The summed E-state index contributed by atoms with van der Waals surface area (Å²) in [4.78, 5) is 25.1. The Hall–Kier alpha value is -2.05. The molecular weight excluding hydrogens is 408 g/mol. The number of carbonyl (C=O) groups is 2. The highest BCUT2D eigenvalue weighted by atomic mass is 79.9. The first kappa shape index (κ1) is 19.3. The third-order valence-corrected chi connectivity index (χ3v) is 4.23. The molecule has 0 aliphatic rings. The molecule has 0 unspecified atom stereocenters. The van der Waals surface area contributed by atoms with Crippen molar-refractivity contribution in [2.24, 2.45) is 5.73 Å². The Kier molecular flexibility index (Phi) is 7.28. The van der Waals surface area contributed by atoms with Gasteiger partial charge in [0.25, 0.3) is 5.91 Å². The fraction of sp³-hybridized carbons (Fsp3) is 0.222. The normalized spacial score (nSPS) is 10.3. The lowest BCUT2D eigenvalue weighted by molar-refractivity contribution is -0.134. The largest absolute Gasteiger partial charge is 0.482 e. The summed E-state index contributed by atoms with van der Waals surface area (Å²) in [6, 6.07) is 14.7. The Bertz CT molecular complexity index is 740. The standard InChI is InChI=1S/C18H18BrClN2O3/c19-14-6-7-16(15(20)10-14)25-12-18(24)22(9-8-17(21)23)11-13-4-2-1-3-5-13/h1-7,10H,8-9,11-12H2,(H2,21,23). The third kappa shape index (κ3) is 6.40. The molecule has 2 N–H and O–H groups in total. The zero-order valence-corrected chi connectivity index (χ0v) is 15.8. The Morgan fingerprint density at radius 3 is 2.52 bits per heavy atom. The van der Waals surface area contributed by atoms with Crippen molar-refractivity contribution >= 4 is 39.3 Å². The Labute approximate surface area is 159 Å². The number of nitrogens with two attached hydrogens (primary N) is 1. The van der Waals surface area contributed by atoms with Crippen LogP contribution in [0.15, 0.2) is 53.0 Å². The van der Waals surface area contributed by atoms with Gasteiger partial charge in [0.05, 0.1) is 5.02 Å². The molecule has 0 spiro atoms. The monoisotopic (exact) mass is 424 g/mol. The summed E-state index contributed by atoms with van der Waals surface area (Å²) in [5, 5.41) is 0.411. The summed E-state index contributed by atoms with van der Waals surface area (Å²) in [5.74, 6) is -0.278. The summed E-state index contributed by atoms with van der Waals surface area (Å²) in [6.07, 6.45) is 0.0949. The van der Waals surface area contributed by atoms with Crippen molar-refractivity contribution in [1.29, 1.82) is 0 Å². The number of hydrogen-bond donors (Lipinski definition) is 1. The number of nitrogens with zero attached hydrogens (tertiary/aromatic N) is 1. The van der Waals surface area contributed by atoms with Gasteiger partial charge in [-0.05, 0) is 23.8 Å². The topological polar surface area (TPSA) is 72.6 Å². The average molecular weight is 426 g/mol. The summed E-state index contributed by atoms with van der Waals surface area (Å²) < 4.78 is 6.34. The molecule has 0 fully saturated rings. The van der Waals surface area contributed by atoms with E-state index >= 15 is 0 Å². The molecule has 2 amide bonds. The fourth-order valence-electron chi connectivity index (χ4n) is 2.16. The fourth-order valence-corrected chi connectivity index (χ4v) is 2.89. The van der Waals surface area contributed by atoms with E-state index in [1.54, 1.807) is 23.1 Å². The lowest BCUT2D eigenvalue weighted by Crippen LogP contribution is -2.36. The first-order valence-corrected chi connectivity index (χ1v) is 8.80. The number of halogens is 2. The minimum Gasteiger partial charge on any atom is -0.482 e. The number of carbonyl (C=O) groups excluding carboxylic acids is 2. The van der Waals surface area contributed by atoms with Gasteiger partial charge in [0.1, 0.15) is 5.75 Å². The first-order chi connectivity index (χ1) is 12.0. The lowest BCUT2D eigenvalue weighted by atomic mass is 10.2.